The van der Waals surface area contributed by atoms with Crippen LogP contribution >= 0.6 is 0 Å². The quantitative estimate of drug-likeness (QED) is 0.664. The second-order valence-electron chi connectivity index (χ2n) is 5.25. The van der Waals surface area contributed by atoms with Crippen LogP contribution in [0.5, 0.6) is 0 Å². The van der Waals surface area contributed by atoms with Crippen LogP contribution < -0.4 is 5.32 Å². The fourth-order valence-electron chi connectivity index (χ4n) is 2.00. The number of rotatable bonds is 11. The molecule has 0 bridgehead atoms. The molecule has 1 N–H and O–H groups in total. The van der Waals surface area contributed by atoms with Gasteiger partial charge in [0.25, 0.3) is 0 Å². The molecule has 1 aromatic heterocycles. The Morgan fingerprint density at radius 1 is 1.15 bits per heavy atom. The summed E-state index contributed by atoms with van der Waals surface area (Å²) in [5, 5.41) is 3.21. The maximum absolute atomic E-state index is 5.77. The largest absolute Gasteiger partial charge is 0.375 e. The van der Waals surface area contributed by atoms with Crippen molar-refractivity contribution >= 4 is 5.82 Å². The molecule has 0 aliphatic rings. The van der Waals surface area contributed by atoms with Gasteiger partial charge in [-0.1, -0.05) is 40.0 Å². The van der Waals surface area contributed by atoms with Crippen molar-refractivity contribution in [3.63, 3.8) is 0 Å². The van der Waals surface area contributed by atoms with Gasteiger partial charge in [-0.3, -0.25) is 4.98 Å². The molecule has 0 radical (unpaired) electrons. The zero-order valence-electron chi connectivity index (χ0n) is 13.2. The van der Waals surface area contributed by atoms with Crippen LogP contribution in [0.25, 0.3) is 0 Å². The van der Waals surface area contributed by atoms with Crippen molar-refractivity contribution in [2.45, 2.75) is 59.5 Å². The maximum atomic E-state index is 5.77. The Bertz CT molecular complexity index is 340. The van der Waals surface area contributed by atoms with Crippen LogP contribution in [-0.4, -0.2) is 23.1 Å². The predicted molar refractivity (Wildman–Crippen MR) is 83.8 cm³/mol. The third kappa shape index (κ3) is 6.85. The Kier molecular flexibility index (Phi) is 8.96. The van der Waals surface area contributed by atoms with Crippen molar-refractivity contribution in [1.29, 1.82) is 0 Å². The molecular weight excluding hydrogens is 250 g/mol. The summed E-state index contributed by atoms with van der Waals surface area (Å²) < 4.78 is 5.77. The molecule has 0 aliphatic heterocycles. The first-order valence-corrected chi connectivity index (χ1v) is 7.92. The summed E-state index contributed by atoms with van der Waals surface area (Å²) in [5.74, 6) is 1.51. The van der Waals surface area contributed by atoms with Crippen LogP contribution in [0.2, 0.25) is 0 Å². The second-order valence-corrected chi connectivity index (χ2v) is 5.25. The highest BCUT2D eigenvalue weighted by atomic mass is 16.5. The molecular formula is C16H29N3O. The fraction of sp³-hybridized carbons (Fsp3) is 0.750. The zero-order chi connectivity index (χ0) is 14.6. The second kappa shape index (κ2) is 10.6. The Labute approximate surface area is 123 Å². The lowest BCUT2D eigenvalue weighted by molar-refractivity contribution is 0.0798. The van der Waals surface area contributed by atoms with Gasteiger partial charge in [-0.25, -0.2) is 4.98 Å². The van der Waals surface area contributed by atoms with Gasteiger partial charge < -0.3 is 10.1 Å². The van der Waals surface area contributed by atoms with Gasteiger partial charge in [-0.15, -0.1) is 0 Å². The summed E-state index contributed by atoms with van der Waals surface area (Å²) in [6.45, 7) is 8.91. The minimum atomic E-state index is 0.559. The number of anilines is 1. The highest BCUT2D eigenvalue weighted by molar-refractivity contribution is 5.30. The van der Waals surface area contributed by atoms with Crippen molar-refractivity contribution in [3.05, 3.63) is 18.1 Å². The molecule has 0 aromatic carbocycles. The SMILES string of the molecule is CCCCC(CC)COCc1cnc(NCCC)cn1. The molecule has 1 unspecified atom stereocenters. The van der Waals surface area contributed by atoms with E-state index in [1.807, 2.05) is 0 Å². The zero-order valence-corrected chi connectivity index (χ0v) is 13.2. The van der Waals surface area contributed by atoms with Crippen LogP contribution in [0.3, 0.4) is 0 Å². The van der Waals surface area contributed by atoms with Gasteiger partial charge in [-0.05, 0) is 18.8 Å². The van der Waals surface area contributed by atoms with E-state index in [1.54, 1.807) is 12.4 Å². The first-order valence-electron chi connectivity index (χ1n) is 7.92. The summed E-state index contributed by atoms with van der Waals surface area (Å²) in [7, 11) is 0. The fourth-order valence-corrected chi connectivity index (χ4v) is 2.00. The van der Waals surface area contributed by atoms with E-state index in [2.05, 4.69) is 36.1 Å². The predicted octanol–water partition coefficient (Wildman–Crippen LogP) is 4.03. The Hall–Kier alpha value is -1.16. The van der Waals surface area contributed by atoms with Gasteiger partial charge in [0, 0.05) is 13.2 Å². The van der Waals surface area contributed by atoms with Gasteiger partial charge >= 0.3 is 0 Å². The molecule has 4 heteroatoms. The third-order valence-electron chi connectivity index (χ3n) is 3.41. The van der Waals surface area contributed by atoms with Gasteiger partial charge in [0.2, 0.25) is 0 Å². The average molecular weight is 279 g/mol. The number of aromatic nitrogens is 2. The van der Waals surface area contributed by atoms with E-state index in [1.165, 1.54) is 25.7 Å². The summed E-state index contributed by atoms with van der Waals surface area (Å²) >= 11 is 0. The molecule has 0 fully saturated rings. The number of nitrogens with zero attached hydrogens (tertiary/aromatic N) is 2. The van der Waals surface area contributed by atoms with E-state index in [4.69, 9.17) is 4.74 Å². The number of nitrogens with one attached hydrogen (secondary N) is 1. The minimum Gasteiger partial charge on any atom is -0.375 e. The monoisotopic (exact) mass is 279 g/mol. The molecule has 0 aliphatic carbocycles. The number of ether oxygens (including phenoxy) is 1. The standard InChI is InChI=1S/C16H29N3O/c1-4-7-8-14(6-3)12-20-13-15-10-19-16(11-18-15)17-9-5-2/h10-11,14H,4-9,12-13H2,1-3H3,(H,17,19). The van der Waals surface area contributed by atoms with Gasteiger partial charge in [0.05, 0.1) is 24.7 Å². The number of unbranched alkanes of at least 4 members (excludes halogenated alkanes) is 1. The van der Waals surface area contributed by atoms with Crippen molar-refractivity contribution < 1.29 is 4.74 Å². The average Bonchev–Trinajstić information content (AvgIpc) is 2.49. The third-order valence-corrected chi connectivity index (χ3v) is 3.41. The molecule has 0 saturated heterocycles. The lowest BCUT2D eigenvalue weighted by Gasteiger charge is -2.14. The highest BCUT2D eigenvalue weighted by Crippen LogP contribution is 2.13. The topological polar surface area (TPSA) is 47.0 Å². The van der Waals surface area contributed by atoms with Crippen molar-refractivity contribution in [2.75, 3.05) is 18.5 Å². The van der Waals surface area contributed by atoms with Crippen molar-refractivity contribution in [2.24, 2.45) is 5.92 Å². The molecule has 1 atom stereocenters. The van der Waals surface area contributed by atoms with Crippen molar-refractivity contribution in [3.8, 4) is 0 Å². The minimum absolute atomic E-state index is 0.559. The van der Waals surface area contributed by atoms with Gasteiger partial charge in [-0.2, -0.15) is 0 Å². The normalized spacial score (nSPS) is 12.3. The van der Waals surface area contributed by atoms with Crippen LogP contribution in [0.1, 0.15) is 58.6 Å². The van der Waals surface area contributed by atoms with E-state index in [-0.39, 0.29) is 0 Å². The summed E-state index contributed by atoms with van der Waals surface area (Å²) in [6.07, 6.45) is 9.66. The molecule has 0 amide bonds. The van der Waals surface area contributed by atoms with E-state index in [9.17, 15) is 0 Å². The molecule has 1 heterocycles. The van der Waals surface area contributed by atoms with Crippen LogP contribution in [0.15, 0.2) is 12.4 Å². The summed E-state index contributed by atoms with van der Waals surface area (Å²) in [4.78, 5) is 8.70. The van der Waals surface area contributed by atoms with Crippen LogP contribution in [-0.2, 0) is 11.3 Å². The molecule has 114 valence electrons. The van der Waals surface area contributed by atoms with Gasteiger partial charge in [0.1, 0.15) is 5.82 Å². The number of hydrogen-bond acceptors (Lipinski definition) is 4. The van der Waals surface area contributed by atoms with Crippen molar-refractivity contribution in [1.82, 2.24) is 9.97 Å². The molecule has 20 heavy (non-hydrogen) atoms. The molecule has 1 rings (SSSR count). The molecule has 0 spiro atoms. The molecule has 4 nitrogen and oxygen atoms in total. The van der Waals surface area contributed by atoms with E-state index in [0.717, 1.165) is 31.1 Å². The smallest absolute Gasteiger partial charge is 0.144 e. The summed E-state index contributed by atoms with van der Waals surface area (Å²) in [5.41, 5.74) is 0.900. The van der Waals surface area contributed by atoms with E-state index >= 15 is 0 Å². The summed E-state index contributed by atoms with van der Waals surface area (Å²) in [6, 6.07) is 0. The first-order chi connectivity index (χ1) is 9.80. The lowest BCUT2D eigenvalue weighted by atomic mass is 10.0. The van der Waals surface area contributed by atoms with E-state index in [0.29, 0.717) is 12.5 Å². The highest BCUT2D eigenvalue weighted by Gasteiger charge is 2.06. The first kappa shape index (κ1) is 16.9. The van der Waals surface area contributed by atoms with E-state index < -0.39 is 0 Å². The lowest BCUT2D eigenvalue weighted by Crippen LogP contribution is -2.10. The molecule has 0 saturated carbocycles. The Morgan fingerprint density at radius 2 is 2.00 bits per heavy atom. The van der Waals surface area contributed by atoms with Crippen LogP contribution in [0, 0.1) is 5.92 Å². The number of hydrogen-bond donors (Lipinski definition) is 1. The maximum Gasteiger partial charge on any atom is 0.144 e. The Morgan fingerprint density at radius 3 is 2.60 bits per heavy atom. The Balaban J connectivity index is 2.27. The van der Waals surface area contributed by atoms with Crippen LogP contribution in [0.4, 0.5) is 5.82 Å². The van der Waals surface area contributed by atoms with Gasteiger partial charge in [0.15, 0.2) is 0 Å². The molecule has 1 aromatic rings.